The normalized spacial score (nSPS) is 11.3. The highest BCUT2D eigenvalue weighted by Crippen LogP contribution is 2.15. The Morgan fingerprint density at radius 3 is 1.25 bits per heavy atom. The molecule has 0 aliphatic rings. The van der Waals surface area contributed by atoms with Crippen molar-refractivity contribution in [1.82, 2.24) is 0 Å². The molecule has 0 aliphatic heterocycles. The standard InChI is InChI=1S/C32H40O4/c1-23(2)35-31(33)21-9-5-7-15-25-27-17-11-13-19-29(27)26(30-20-14-12-18-28(25)30)16-8-6-10-22-32(34)36-24(3)4/h11-20,23-24H,5-10,21-22H2,1-4H3. The lowest BCUT2D eigenvalue weighted by Crippen LogP contribution is -2.15. The number of esters is 2. The Bertz CT molecular complexity index is 1120. The van der Waals surface area contributed by atoms with Crippen LogP contribution in [0, 0.1) is 0 Å². The largest absolute Gasteiger partial charge is 0.463 e. The van der Waals surface area contributed by atoms with Crippen LogP contribution in [0.1, 0.15) is 79.1 Å². The average molecular weight is 489 g/mol. The number of hydrogen-bond acceptors (Lipinski definition) is 4. The quantitative estimate of drug-likeness (QED) is 0.164. The lowest BCUT2D eigenvalue weighted by Gasteiger charge is -2.09. The second-order valence-corrected chi connectivity index (χ2v) is 9.90. The van der Waals surface area contributed by atoms with Crippen molar-refractivity contribution in [2.45, 2.75) is 91.3 Å². The molecular weight excluding hydrogens is 448 g/mol. The Morgan fingerprint density at radius 1 is 0.611 bits per heavy atom. The van der Waals surface area contributed by atoms with Gasteiger partial charge in [0.15, 0.2) is 0 Å². The van der Waals surface area contributed by atoms with Gasteiger partial charge in [0.25, 0.3) is 0 Å². The summed E-state index contributed by atoms with van der Waals surface area (Å²) in [5.41, 5.74) is 0. The van der Waals surface area contributed by atoms with Crippen LogP contribution in [0.5, 0.6) is 0 Å². The van der Waals surface area contributed by atoms with Gasteiger partial charge in [0.05, 0.1) is 12.2 Å². The number of unbranched alkanes of at least 4 members (excludes halogenated alkanes) is 4. The van der Waals surface area contributed by atoms with Crippen LogP contribution in [0.3, 0.4) is 0 Å². The molecule has 0 heterocycles. The maximum absolute atomic E-state index is 11.8. The topological polar surface area (TPSA) is 52.6 Å². The first kappa shape index (κ1) is 27.4. The van der Waals surface area contributed by atoms with E-state index in [0.717, 1.165) is 38.5 Å². The molecule has 0 aliphatic carbocycles. The van der Waals surface area contributed by atoms with Crippen molar-refractivity contribution < 1.29 is 19.1 Å². The van der Waals surface area contributed by atoms with E-state index in [1.165, 1.54) is 32.0 Å². The minimum atomic E-state index is -0.113. The van der Waals surface area contributed by atoms with Crippen molar-refractivity contribution in [3.8, 4) is 0 Å². The molecule has 4 heteroatoms. The van der Waals surface area contributed by atoms with Crippen molar-refractivity contribution >= 4 is 45.6 Å². The number of benzene rings is 3. The highest BCUT2D eigenvalue weighted by Gasteiger charge is 2.07. The van der Waals surface area contributed by atoms with E-state index >= 15 is 0 Å². The third-order valence-corrected chi connectivity index (χ3v) is 6.12. The minimum absolute atomic E-state index is 0.0569. The van der Waals surface area contributed by atoms with E-state index in [9.17, 15) is 9.59 Å². The first-order valence-corrected chi connectivity index (χ1v) is 13.4. The number of carbonyl (C=O) groups is 2. The Hall–Kier alpha value is -3.14. The van der Waals surface area contributed by atoms with Crippen LogP contribution < -0.4 is 10.4 Å². The second kappa shape index (κ2) is 13.8. The zero-order chi connectivity index (χ0) is 25.9. The molecule has 0 amide bonds. The van der Waals surface area contributed by atoms with E-state index in [4.69, 9.17) is 9.47 Å². The molecular formula is C32H40O4. The van der Waals surface area contributed by atoms with Gasteiger partial charge in [-0.1, -0.05) is 60.7 Å². The molecule has 0 radical (unpaired) electrons. The van der Waals surface area contributed by atoms with Crippen molar-refractivity contribution in [3.63, 3.8) is 0 Å². The fraction of sp³-hybridized carbons (Fsp3) is 0.438. The van der Waals surface area contributed by atoms with Crippen LogP contribution >= 0.6 is 0 Å². The van der Waals surface area contributed by atoms with Crippen LogP contribution in [0.25, 0.3) is 33.7 Å². The van der Waals surface area contributed by atoms with Crippen LogP contribution in [0.4, 0.5) is 0 Å². The molecule has 4 nitrogen and oxygen atoms in total. The van der Waals surface area contributed by atoms with Gasteiger partial charge in [-0.3, -0.25) is 9.59 Å². The molecule has 0 saturated heterocycles. The van der Waals surface area contributed by atoms with Crippen LogP contribution in [0.2, 0.25) is 0 Å². The molecule has 0 unspecified atom stereocenters. The zero-order valence-corrected chi connectivity index (χ0v) is 22.2. The molecule has 0 N–H and O–H groups in total. The van der Waals surface area contributed by atoms with E-state index in [1.54, 1.807) is 0 Å². The monoisotopic (exact) mass is 488 g/mol. The molecule has 0 aromatic heterocycles. The fourth-order valence-corrected chi connectivity index (χ4v) is 4.60. The molecule has 0 spiro atoms. The number of hydrogen-bond donors (Lipinski definition) is 0. The summed E-state index contributed by atoms with van der Waals surface area (Å²) in [5.74, 6) is -0.227. The van der Waals surface area contributed by atoms with Crippen molar-refractivity contribution in [2.75, 3.05) is 0 Å². The Kier molecular flexibility index (Phi) is 10.5. The highest BCUT2D eigenvalue weighted by molar-refractivity contribution is 6.00. The lowest BCUT2D eigenvalue weighted by atomic mass is 9.96. The maximum atomic E-state index is 11.8. The number of ether oxygens (including phenoxy) is 2. The molecule has 0 bridgehead atoms. The molecule has 36 heavy (non-hydrogen) atoms. The molecule has 192 valence electrons. The van der Waals surface area contributed by atoms with Crippen LogP contribution in [-0.2, 0) is 19.1 Å². The van der Waals surface area contributed by atoms with E-state index in [2.05, 4.69) is 60.7 Å². The molecule has 0 fully saturated rings. The maximum Gasteiger partial charge on any atom is 0.306 e. The first-order chi connectivity index (χ1) is 17.4. The predicted octanol–water partition coefficient (Wildman–Crippen LogP) is 6.58. The Balaban J connectivity index is 1.81. The SMILES string of the molecule is CC(C)OC(=O)CCCCC=c1c2ccccc2c(=CCCCCC(=O)OC(C)C)c2ccccc12. The summed E-state index contributed by atoms with van der Waals surface area (Å²) in [4.78, 5) is 23.6. The summed E-state index contributed by atoms with van der Waals surface area (Å²) in [5, 5.41) is 7.53. The summed E-state index contributed by atoms with van der Waals surface area (Å²) in [6.45, 7) is 7.53. The molecule has 0 saturated carbocycles. The van der Waals surface area contributed by atoms with E-state index in [-0.39, 0.29) is 24.1 Å². The Morgan fingerprint density at radius 2 is 0.944 bits per heavy atom. The predicted molar refractivity (Wildman–Crippen MR) is 149 cm³/mol. The molecule has 3 aromatic rings. The van der Waals surface area contributed by atoms with Gasteiger partial charge in [0.2, 0.25) is 0 Å². The van der Waals surface area contributed by atoms with E-state index in [0.29, 0.717) is 12.8 Å². The molecule has 3 aromatic carbocycles. The van der Waals surface area contributed by atoms with Gasteiger partial charge in [0, 0.05) is 12.8 Å². The fourth-order valence-electron chi connectivity index (χ4n) is 4.60. The summed E-state index contributed by atoms with van der Waals surface area (Å²) in [6.07, 6.45) is 10.8. The summed E-state index contributed by atoms with van der Waals surface area (Å²) < 4.78 is 10.5. The summed E-state index contributed by atoms with van der Waals surface area (Å²) in [6, 6.07) is 17.2. The summed E-state index contributed by atoms with van der Waals surface area (Å²) in [7, 11) is 0. The van der Waals surface area contributed by atoms with Gasteiger partial charge in [-0.25, -0.2) is 0 Å². The third-order valence-electron chi connectivity index (χ3n) is 6.12. The first-order valence-electron chi connectivity index (χ1n) is 13.4. The van der Waals surface area contributed by atoms with Gasteiger partial charge in [-0.15, -0.1) is 0 Å². The van der Waals surface area contributed by atoms with Gasteiger partial charge >= 0.3 is 11.9 Å². The second-order valence-electron chi connectivity index (χ2n) is 9.90. The molecule has 3 rings (SSSR count). The van der Waals surface area contributed by atoms with Gasteiger partial charge in [-0.05, 0) is 98.2 Å². The average Bonchev–Trinajstić information content (AvgIpc) is 2.83. The lowest BCUT2D eigenvalue weighted by molar-refractivity contribution is -0.148. The highest BCUT2D eigenvalue weighted by atomic mass is 16.5. The van der Waals surface area contributed by atoms with E-state index in [1.807, 2.05) is 27.7 Å². The van der Waals surface area contributed by atoms with Gasteiger partial charge in [-0.2, -0.15) is 0 Å². The van der Waals surface area contributed by atoms with Gasteiger partial charge in [0.1, 0.15) is 0 Å². The minimum Gasteiger partial charge on any atom is -0.463 e. The Labute approximate surface area is 215 Å². The number of fused-ring (bicyclic) bond motifs is 2. The van der Waals surface area contributed by atoms with Crippen molar-refractivity contribution in [2.24, 2.45) is 0 Å². The van der Waals surface area contributed by atoms with Crippen molar-refractivity contribution in [3.05, 3.63) is 59.0 Å². The molecule has 0 atom stereocenters. The van der Waals surface area contributed by atoms with Crippen molar-refractivity contribution in [1.29, 1.82) is 0 Å². The van der Waals surface area contributed by atoms with Crippen LogP contribution in [0.15, 0.2) is 48.5 Å². The third kappa shape index (κ3) is 7.94. The zero-order valence-electron chi connectivity index (χ0n) is 22.2. The van der Waals surface area contributed by atoms with E-state index < -0.39 is 0 Å². The number of rotatable bonds is 12. The van der Waals surface area contributed by atoms with Crippen LogP contribution in [-0.4, -0.2) is 24.1 Å². The van der Waals surface area contributed by atoms with Gasteiger partial charge < -0.3 is 9.47 Å². The smallest absolute Gasteiger partial charge is 0.306 e. The summed E-state index contributed by atoms with van der Waals surface area (Å²) >= 11 is 0. The number of carbonyl (C=O) groups excluding carboxylic acids is 2.